The summed E-state index contributed by atoms with van der Waals surface area (Å²) >= 11 is 0. The van der Waals surface area contributed by atoms with E-state index in [-0.39, 0.29) is 11.9 Å². The molecule has 0 saturated carbocycles. The van der Waals surface area contributed by atoms with E-state index in [4.69, 9.17) is 0 Å². The molecule has 1 fully saturated rings. The van der Waals surface area contributed by atoms with Crippen molar-refractivity contribution in [1.82, 2.24) is 19.4 Å². The molecule has 0 spiro atoms. The number of carbonyl (C=O) groups is 1. The Morgan fingerprint density at radius 1 is 1.38 bits per heavy atom. The Morgan fingerprint density at radius 3 is 3.04 bits per heavy atom. The van der Waals surface area contributed by atoms with E-state index >= 15 is 0 Å². The minimum absolute atomic E-state index is 0.168. The van der Waals surface area contributed by atoms with Gasteiger partial charge >= 0.3 is 0 Å². The third-order valence-corrected chi connectivity index (χ3v) is 4.68. The molecule has 0 aromatic carbocycles. The number of nitrogens with zero attached hydrogens (tertiary/aromatic N) is 4. The van der Waals surface area contributed by atoms with Crippen molar-refractivity contribution in [2.24, 2.45) is 0 Å². The van der Waals surface area contributed by atoms with Crippen LogP contribution >= 0.6 is 0 Å². The zero-order valence-electron chi connectivity index (χ0n) is 14.4. The minimum Gasteiger partial charge on any atom is -0.373 e. The summed E-state index contributed by atoms with van der Waals surface area (Å²) in [7, 11) is 1.86. The van der Waals surface area contributed by atoms with Gasteiger partial charge in [-0.25, -0.2) is 9.97 Å². The topological polar surface area (TPSA) is 63.1 Å². The molecule has 128 valence electrons. The van der Waals surface area contributed by atoms with Gasteiger partial charge in [0.2, 0.25) is 5.91 Å². The van der Waals surface area contributed by atoms with Crippen LogP contribution in [0.1, 0.15) is 43.6 Å². The van der Waals surface area contributed by atoms with Crippen molar-refractivity contribution in [1.29, 1.82) is 0 Å². The van der Waals surface area contributed by atoms with Gasteiger partial charge < -0.3 is 14.8 Å². The number of hydrogen-bond donors (Lipinski definition) is 1. The van der Waals surface area contributed by atoms with Crippen molar-refractivity contribution in [2.75, 3.05) is 18.9 Å². The Kier molecular flexibility index (Phi) is 5.13. The maximum Gasteiger partial charge on any atom is 0.224 e. The zero-order valence-corrected chi connectivity index (χ0v) is 14.4. The van der Waals surface area contributed by atoms with Crippen LogP contribution in [0.3, 0.4) is 0 Å². The number of pyridine rings is 1. The zero-order chi connectivity index (χ0) is 16.9. The van der Waals surface area contributed by atoms with E-state index in [0.717, 1.165) is 43.0 Å². The molecule has 1 aliphatic heterocycles. The molecule has 1 saturated heterocycles. The first kappa shape index (κ1) is 16.5. The van der Waals surface area contributed by atoms with Gasteiger partial charge in [0.1, 0.15) is 11.6 Å². The Balaban J connectivity index is 1.67. The van der Waals surface area contributed by atoms with Crippen LogP contribution in [0.4, 0.5) is 5.82 Å². The molecular formula is C18H25N5O. The summed E-state index contributed by atoms with van der Waals surface area (Å²) in [5.41, 5.74) is 1.16. The SMILES string of the molecule is CCc1nccn1CCC(=O)N1CCC[C@H]1c1ccnc(NC)c1. The monoisotopic (exact) mass is 327 g/mol. The third kappa shape index (κ3) is 3.42. The van der Waals surface area contributed by atoms with Gasteiger partial charge in [0.15, 0.2) is 0 Å². The van der Waals surface area contributed by atoms with Gasteiger partial charge in [0.25, 0.3) is 0 Å². The van der Waals surface area contributed by atoms with Crippen LogP contribution < -0.4 is 5.32 Å². The van der Waals surface area contributed by atoms with Gasteiger partial charge in [-0.15, -0.1) is 0 Å². The summed E-state index contributed by atoms with van der Waals surface area (Å²) in [4.78, 5) is 23.3. The molecule has 1 amide bonds. The Bertz CT molecular complexity index is 696. The van der Waals surface area contributed by atoms with Crippen molar-refractivity contribution in [3.05, 3.63) is 42.1 Å². The van der Waals surface area contributed by atoms with Crippen LogP contribution in [-0.4, -0.2) is 38.9 Å². The number of likely N-dealkylation sites (tertiary alicyclic amines) is 1. The molecule has 1 aliphatic rings. The molecule has 0 radical (unpaired) electrons. The van der Waals surface area contributed by atoms with Gasteiger partial charge in [0, 0.05) is 51.6 Å². The Morgan fingerprint density at radius 2 is 2.25 bits per heavy atom. The molecule has 0 bridgehead atoms. The average Bonchev–Trinajstić information content (AvgIpc) is 3.28. The second-order valence-corrected chi connectivity index (χ2v) is 6.11. The van der Waals surface area contributed by atoms with Crippen molar-refractivity contribution in [2.45, 2.75) is 45.2 Å². The summed E-state index contributed by atoms with van der Waals surface area (Å²) in [5, 5.41) is 3.07. The predicted octanol–water partition coefficient (Wildman–Crippen LogP) is 2.64. The van der Waals surface area contributed by atoms with E-state index in [1.54, 1.807) is 12.4 Å². The van der Waals surface area contributed by atoms with Crippen LogP contribution in [0.5, 0.6) is 0 Å². The highest BCUT2D eigenvalue weighted by Gasteiger charge is 2.29. The Hall–Kier alpha value is -2.37. The first-order valence-electron chi connectivity index (χ1n) is 8.66. The summed E-state index contributed by atoms with van der Waals surface area (Å²) in [6.07, 6.45) is 9.04. The van der Waals surface area contributed by atoms with Crippen LogP contribution in [0.25, 0.3) is 0 Å². The van der Waals surface area contributed by atoms with Gasteiger partial charge in [-0.2, -0.15) is 0 Å². The lowest BCUT2D eigenvalue weighted by molar-refractivity contribution is -0.132. The highest BCUT2D eigenvalue weighted by Crippen LogP contribution is 2.33. The number of hydrogen-bond acceptors (Lipinski definition) is 4. The molecule has 1 N–H and O–H groups in total. The molecule has 0 aliphatic carbocycles. The largest absolute Gasteiger partial charge is 0.373 e. The smallest absolute Gasteiger partial charge is 0.224 e. The quantitative estimate of drug-likeness (QED) is 0.886. The van der Waals surface area contributed by atoms with Crippen molar-refractivity contribution >= 4 is 11.7 Å². The second kappa shape index (κ2) is 7.47. The van der Waals surface area contributed by atoms with Gasteiger partial charge in [-0.05, 0) is 30.5 Å². The molecule has 0 unspecified atom stereocenters. The molecule has 3 rings (SSSR count). The van der Waals surface area contributed by atoms with Crippen molar-refractivity contribution in [3.63, 3.8) is 0 Å². The minimum atomic E-state index is 0.168. The van der Waals surface area contributed by atoms with E-state index < -0.39 is 0 Å². The molecule has 2 aromatic heterocycles. The highest BCUT2D eigenvalue weighted by molar-refractivity contribution is 5.77. The number of rotatable bonds is 6. The molecular weight excluding hydrogens is 302 g/mol. The maximum absolute atomic E-state index is 12.7. The fraction of sp³-hybridized carbons (Fsp3) is 0.500. The normalized spacial score (nSPS) is 17.2. The number of carbonyl (C=O) groups excluding carboxylic acids is 1. The summed E-state index contributed by atoms with van der Waals surface area (Å²) < 4.78 is 2.08. The number of imidazole rings is 1. The first-order valence-corrected chi connectivity index (χ1v) is 8.66. The fourth-order valence-corrected chi connectivity index (χ4v) is 3.42. The molecule has 2 aromatic rings. The second-order valence-electron chi connectivity index (χ2n) is 6.11. The van der Waals surface area contributed by atoms with Crippen LogP contribution in [0, 0.1) is 0 Å². The summed E-state index contributed by atoms with van der Waals surface area (Å²) in [5.74, 6) is 2.10. The average molecular weight is 327 g/mol. The van der Waals surface area contributed by atoms with E-state index in [1.165, 1.54) is 0 Å². The van der Waals surface area contributed by atoms with Gasteiger partial charge in [0.05, 0.1) is 6.04 Å². The molecule has 3 heterocycles. The number of aromatic nitrogens is 3. The lowest BCUT2D eigenvalue weighted by atomic mass is 10.1. The lowest BCUT2D eigenvalue weighted by Gasteiger charge is -2.25. The van der Waals surface area contributed by atoms with E-state index in [2.05, 4.69) is 26.8 Å². The lowest BCUT2D eigenvalue weighted by Crippen LogP contribution is -2.31. The maximum atomic E-state index is 12.7. The van der Waals surface area contributed by atoms with E-state index in [0.29, 0.717) is 13.0 Å². The van der Waals surface area contributed by atoms with Crippen molar-refractivity contribution < 1.29 is 4.79 Å². The first-order chi connectivity index (χ1) is 11.7. The van der Waals surface area contributed by atoms with Crippen LogP contribution in [0.15, 0.2) is 30.7 Å². The molecule has 1 atom stereocenters. The van der Waals surface area contributed by atoms with Crippen LogP contribution in [-0.2, 0) is 17.8 Å². The van der Waals surface area contributed by atoms with Crippen molar-refractivity contribution in [3.8, 4) is 0 Å². The van der Waals surface area contributed by atoms with E-state index in [9.17, 15) is 4.79 Å². The molecule has 24 heavy (non-hydrogen) atoms. The number of amides is 1. The summed E-state index contributed by atoms with van der Waals surface area (Å²) in [6, 6.07) is 4.23. The van der Waals surface area contributed by atoms with Gasteiger partial charge in [-0.3, -0.25) is 4.79 Å². The van der Waals surface area contributed by atoms with Crippen LogP contribution in [0.2, 0.25) is 0 Å². The Labute approximate surface area is 142 Å². The number of aryl methyl sites for hydroxylation is 2. The predicted molar refractivity (Wildman–Crippen MR) is 93.7 cm³/mol. The number of nitrogens with one attached hydrogen (secondary N) is 1. The van der Waals surface area contributed by atoms with Gasteiger partial charge in [-0.1, -0.05) is 6.92 Å². The number of anilines is 1. The third-order valence-electron chi connectivity index (χ3n) is 4.68. The summed E-state index contributed by atoms with van der Waals surface area (Å²) in [6.45, 7) is 3.62. The molecule has 6 heteroatoms. The highest BCUT2D eigenvalue weighted by atomic mass is 16.2. The fourth-order valence-electron chi connectivity index (χ4n) is 3.42. The molecule has 6 nitrogen and oxygen atoms in total. The van der Waals surface area contributed by atoms with E-state index in [1.807, 2.05) is 30.3 Å². The standard InChI is InChI=1S/C18H25N5O/c1-3-17-21-9-12-22(17)11-7-18(24)23-10-4-5-15(23)14-6-8-20-16(13-14)19-2/h6,8-9,12-13,15H,3-5,7,10-11H2,1-2H3,(H,19,20)/t15-/m0/s1.